The molecule has 0 bridgehead atoms. The van der Waals surface area contributed by atoms with Crippen LogP contribution in [0.3, 0.4) is 0 Å². The number of hydrogen-bond donors (Lipinski definition) is 3. The van der Waals surface area contributed by atoms with Crippen molar-refractivity contribution in [1.29, 1.82) is 0 Å². The normalized spacial score (nSPS) is 11.9. The summed E-state index contributed by atoms with van der Waals surface area (Å²) in [4.78, 5) is 35.7. The van der Waals surface area contributed by atoms with Crippen molar-refractivity contribution in [3.63, 3.8) is 0 Å². The number of halogens is 1. The molecule has 0 saturated carbocycles. The van der Waals surface area contributed by atoms with Gasteiger partial charge in [-0.1, -0.05) is 48.5 Å². The van der Waals surface area contributed by atoms with Gasteiger partial charge >= 0.3 is 12.1 Å². The van der Waals surface area contributed by atoms with Gasteiger partial charge in [-0.3, -0.25) is 14.9 Å². The number of carboxylic acids is 1. The lowest BCUT2D eigenvalue weighted by atomic mass is 9.98. The molecule has 3 aromatic rings. The molecule has 1 aliphatic carbocycles. The average molecular weight is 537 g/mol. The van der Waals surface area contributed by atoms with Crippen LogP contribution in [0.15, 0.2) is 71.2 Å². The highest BCUT2D eigenvalue weighted by molar-refractivity contribution is 9.10. The van der Waals surface area contributed by atoms with E-state index in [1.165, 1.54) is 0 Å². The summed E-state index contributed by atoms with van der Waals surface area (Å²) in [5, 5.41) is 14.2. The van der Waals surface area contributed by atoms with Gasteiger partial charge in [0.15, 0.2) is 0 Å². The van der Waals surface area contributed by atoms with Crippen molar-refractivity contribution < 1.29 is 24.2 Å². The predicted molar refractivity (Wildman–Crippen MR) is 137 cm³/mol. The molecular formula is C27H25BrN2O5. The Morgan fingerprint density at radius 1 is 0.914 bits per heavy atom. The van der Waals surface area contributed by atoms with Gasteiger partial charge in [0.05, 0.1) is 5.56 Å². The minimum atomic E-state index is -0.855. The van der Waals surface area contributed by atoms with Crippen LogP contribution in [0, 0.1) is 0 Å². The predicted octanol–water partition coefficient (Wildman–Crippen LogP) is 5.79. The average Bonchev–Trinajstić information content (AvgIpc) is 3.17. The molecule has 2 amide bonds. The molecule has 0 fully saturated rings. The Labute approximate surface area is 211 Å². The number of carbonyl (C=O) groups is 3. The molecule has 0 heterocycles. The van der Waals surface area contributed by atoms with Crippen molar-refractivity contribution in [2.45, 2.75) is 25.2 Å². The number of fused-ring (bicyclic) bond motifs is 3. The summed E-state index contributed by atoms with van der Waals surface area (Å²) in [6.45, 7) is 0.558. The summed E-state index contributed by atoms with van der Waals surface area (Å²) in [5.41, 5.74) is 5.37. The fourth-order valence-corrected chi connectivity index (χ4v) is 4.65. The summed E-state index contributed by atoms with van der Waals surface area (Å²) in [5.74, 6) is -1.21. The molecule has 3 N–H and O–H groups in total. The van der Waals surface area contributed by atoms with Gasteiger partial charge in [0.1, 0.15) is 6.61 Å². The van der Waals surface area contributed by atoms with Gasteiger partial charge in [0.25, 0.3) is 5.91 Å². The van der Waals surface area contributed by atoms with Gasteiger partial charge in [-0.2, -0.15) is 0 Å². The second-order valence-corrected chi connectivity index (χ2v) is 9.11. The first-order valence-corrected chi connectivity index (χ1v) is 12.1. The van der Waals surface area contributed by atoms with Crippen LogP contribution < -0.4 is 10.6 Å². The number of carboxylic acid groups (broad SMARTS) is 1. The van der Waals surface area contributed by atoms with Crippen molar-refractivity contribution >= 4 is 39.6 Å². The van der Waals surface area contributed by atoms with Gasteiger partial charge in [0, 0.05) is 29.0 Å². The molecule has 0 aliphatic heterocycles. The zero-order chi connectivity index (χ0) is 24.8. The number of rotatable bonds is 9. The summed E-state index contributed by atoms with van der Waals surface area (Å²) in [6.07, 6.45) is 0.515. The van der Waals surface area contributed by atoms with Crippen LogP contribution in [-0.4, -0.2) is 36.2 Å². The van der Waals surface area contributed by atoms with E-state index in [1.54, 1.807) is 18.2 Å². The number of nitrogens with one attached hydrogen (secondary N) is 2. The van der Waals surface area contributed by atoms with Crippen molar-refractivity contribution in [1.82, 2.24) is 5.32 Å². The summed E-state index contributed by atoms with van der Waals surface area (Å²) in [7, 11) is 0. The van der Waals surface area contributed by atoms with Gasteiger partial charge in [0.2, 0.25) is 0 Å². The summed E-state index contributed by atoms with van der Waals surface area (Å²) < 4.78 is 6.16. The van der Waals surface area contributed by atoms with Gasteiger partial charge < -0.3 is 15.2 Å². The Bertz CT molecular complexity index is 1210. The van der Waals surface area contributed by atoms with E-state index in [4.69, 9.17) is 9.84 Å². The molecule has 1 aliphatic rings. The largest absolute Gasteiger partial charge is 0.481 e. The van der Waals surface area contributed by atoms with E-state index in [-0.39, 0.29) is 24.9 Å². The van der Waals surface area contributed by atoms with Crippen molar-refractivity contribution in [3.8, 4) is 11.1 Å². The van der Waals surface area contributed by atoms with Crippen LogP contribution in [0.1, 0.15) is 46.7 Å². The second-order valence-electron chi connectivity index (χ2n) is 8.25. The Kier molecular flexibility index (Phi) is 7.82. The first-order chi connectivity index (χ1) is 16.9. The highest BCUT2D eigenvalue weighted by Gasteiger charge is 2.29. The third-order valence-corrected chi connectivity index (χ3v) is 6.60. The lowest BCUT2D eigenvalue weighted by molar-refractivity contribution is -0.137. The summed E-state index contributed by atoms with van der Waals surface area (Å²) in [6, 6.07) is 21.2. The van der Waals surface area contributed by atoms with E-state index in [2.05, 4.69) is 50.8 Å². The Hall–Kier alpha value is -3.65. The maximum atomic E-state index is 12.6. The standard InChI is InChI=1S/C27H25BrN2O5/c28-24-13-12-17(15-22(24)26(33)29-14-6-5-11-25(31)32)30-27(34)35-16-23-20-9-3-1-7-18(20)19-8-2-4-10-21(19)23/h1-4,7-10,12-13,15,23H,5-6,11,14,16H2,(H,29,33)(H,30,34)(H,31,32). The first kappa shape index (κ1) is 24.5. The van der Waals surface area contributed by atoms with Gasteiger partial charge in [-0.15, -0.1) is 0 Å². The molecule has 8 heteroatoms. The number of benzene rings is 3. The van der Waals surface area contributed by atoms with E-state index in [9.17, 15) is 14.4 Å². The Morgan fingerprint density at radius 3 is 2.23 bits per heavy atom. The lowest BCUT2D eigenvalue weighted by Gasteiger charge is -2.15. The zero-order valence-electron chi connectivity index (χ0n) is 18.9. The first-order valence-electron chi connectivity index (χ1n) is 11.4. The minimum Gasteiger partial charge on any atom is -0.481 e. The number of unbranched alkanes of at least 4 members (excludes halogenated alkanes) is 1. The number of aliphatic carboxylic acids is 1. The molecule has 0 spiro atoms. The molecule has 4 rings (SSSR count). The third-order valence-electron chi connectivity index (χ3n) is 5.90. The second kappa shape index (κ2) is 11.2. The van der Waals surface area contributed by atoms with E-state index < -0.39 is 12.1 Å². The smallest absolute Gasteiger partial charge is 0.411 e. The van der Waals surface area contributed by atoms with E-state index in [1.807, 2.05) is 24.3 Å². The van der Waals surface area contributed by atoms with Crippen LogP contribution in [-0.2, 0) is 9.53 Å². The fourth-order valence-electron chi connectivity index (χ4n) is 4.23. The number of anilines is 1. The summed E-state index contributed by atoms with van der Waals surface area (Å²) >= 11 is 3.36. The van der Waals surface area contributed by atoms with Gasteiger partial charge in [-0.25, -0.2) is 4.79 Å². The quantitative estimate of drug-likeness (QED) is 0.300. The fraction of sp³-hybridized carbons (Fsp3) is 0.222. The molecule has 0 saturated heterocycles. The van der Waals surface area contributed by atoms with Crippen LogP contribution in [0.4, 0.5) is 10.5 Å². The van der Waals surface area contributed by atoms with Crippen LogP contribution in [0.2, 0.25) is 0 Å². The minimum absolute atomic E-state index is 0.0412. The number of amides is 2. The molecule has 0 aromatic heterocycles. The van der Waals surface area contributed by atoms with Crippen molar-refractivity contribution in [3.05, 3.63) is 87.9 Å². The number of carbonyl (C=O) groups excluding carboxylic acids is 2. The molecule has 0 atom stereocenters. The maximum Gasteiger partial charge on any atom is 0.411 e. The molecule has 35 heavy (non-hydrogen) atoms. The molecular weight excluding hydrogens is 512 g/mol. The SMILES string of the molecule is O=C(O)CCCCNC(=O)c1cc(NC(=O)OCC2c3ccccc3-c3ccccc32)ccc1Br. The third kappa shape index (κ3) is 5.89. The Balaban J connectivity index is 1.35. The van der Waals surface area contributed by atoms with Crippen molar-refractivity contribution in [2.75, 3.05) is 18.5 Å². The molecule has 3 aromatic carbocycles. The molecule has 0 radical (unpaired) electrons. The lowest BCUT2D eigenvalue weighted by Crippen LogP contribution is -2.25. The highest BCUT2D eigenvalue weighted by atomic mass is 79.9. The maximum absolute atomic E-state index is 12.6. The Morgan fingerprint density at radius 2 is 1.57 bits per heavy atom. The van der Waals surface area contributed by atoms with E-state index >= 15 is 0 Å². The van der Waals surface area contributed by atoms with Crippen LogP contribution in [0.25, 0.3) is 11.1 Å². The number of hydrogen-bond acceptors (Lipinski definition) is 4. The zero-order valence-corrected chi connectivity index (χ0v) is 20.5. The number of ether oxygens (including phenoxy) is 1. The topological polar surface area (TPSA) is 105 Å². The van der Waals surface area contributed by atoms with E-state index in [0.717, 1.165) is 22.3 Å². The van der Waals surface area contributed by atoms with Crippen LogP contribution >= 0.6 is 15.9 Å². The highest BCUT2D eigenvalue weighted by Crippen LogP contribution is 2.44. The molecule has 180 valence electrons. The van der Waals surface area contributed by atoms with Crippen LogP contribution in [0.5, 0.6) is 0 Å². The molecule has 0 unspecified atom stereocenters. The van der Waals surface area contributed by atoms with Crippen molar-refractivity contribution in [2.24, 2.45) is 0 Å². The van der Waals surface area contributed by atoms with Gasteiger partial charge in [-0.05, 0) is 69.2 Å². The van der Waals surface area contributed by atoms with E-state index in [0.29, 0.717) is 35.1 Å². The molecule has 7 nitrogen and oxygen atoms in total. The monoisotopic (exact) mass is 536 g/mol.